The first-order valence-corrected chi connectivity index (χ1v) is 9.55. The number of thiazole rings is 1. The SMILES string of the molecule is Cc1nn(C)c(C)c1/C=C/C(=O)Nc1ncc(Cc2cccc(C(F)(F)F)c2)s1. The Hall–Kier alpha value is -2.94. The molecule has 0 atom stereocenters. The number of hydrogen-bond donors (Lipinski definition) is 1. The zero-order valence-electron chi connectivity index (χ0n) is 16.0. The maximum atomic E-state index is 12.8. The standard InChI is InChI=1S/C20H19F3N4OS/c1-12-17(13(2)27(3)26-12)7-8-18(28)25-19-24-11-16(29-19)10-14-5-4-6-15(9-14)20(21,22)23/h4-9,11H,10H2,1-3H3,(H,24,25,28)/b8-7+. The molecule has 5 nitrogen and oxygen atoms in total. The van der Waals surface area contributed by atoms with E-state index in [0.717, 1.165) is 34.0 Å². The van der Waals surface area contributed by atoms with Crippen LogP contribution in [-0.2, 0) is 24.4 Å². The Labute approximate surface area is 169 Å². The highest BCUT2D eigenvalue weighted by atomic mass is 32.1. The van der Waals surface area contributed by atoms with E-state index in [-0.39, 0.29) is 5.91 Å². The van der Waals surface area contributed by atoms with Crippen molar-refractivity contribution in [2.24, 2.45) is 7.05 Å². The molecule has 0 unspecified atom stereocenters. The molecule has 1 N–H and O–H groups in total. The number of carbonyl (C=O) groups excluding carboxylic acids is 1. The van der Waals surface area contributed by atoms with Crippen LogP contribution in [0.4, 0.5) is 18.3 Å². The van der Waals surface area contributed by atoms with E-state index in [0.29, 0.717) is 17.1 Å². The molecule has 29 heavy (non-hydrogen) atoms. The maximum Gasteiger partial charge on any atom is 0.416 e. The molecule has 0 fully saturated rings. The minimum absolute atomic E-state index is 0.307. The Morgan fingerprint density at radius 3 is 2.72 bits per heavy atom. The van der Waals surface area contributed by atoms with Crippen LogP contribution in [0.3, 0.4) is 0 Å². The van der Waals surface area contributed by atoms with Crippen molar-refractivity contribution in [2.75, 3.05) is 5.32 Å². The fourth-order valence-electron chi connectivity index (χ4n) is 2.84. The Bertz CT molecular complexity index is 1070. The molecule has 0 radical (unpaired) electrons. The Balaban J connectivity index is 1.64. The fourth-order valence-corrected chi connectivity index (χ4v) is 3.69. The Morgan fingerprint density at radius 2 is 2.07 bits per heavy atom. The second-order valence-corrected chi connectivity index (χ2v) is 7.65. The van der Waals surface area contributed by atoms with Gasteiger partial charge in [-0.05, 0) is 31.6 Å². The van der Waals surface area contributed by atoms with Gasteiger partial charge in [-0.1, -0.05) is 18.2 Å². The number of hydrogen-bond acceptors (Lipinski definition) is 4. The molecule has 3 rings (SSSR count). The van der Waals surface area contributed by atoms with Crippen molar-refractivity contribution in [3.63, 3.8) is 0 Å². The van der Waals surface area contributed by atoms with Crippen molar-refractivity contribution < 1.29 is 18.0 Å². The summed E-state index contributed by atoms with van der Waals surface area (Å²) in [5.74, 6) is -0.340. The quantitative estimate of drug-likeness (QED) is 0.606. The summed E-state index contributed by atoms with van der Waals surface area (Å²) in [6.45, 7) is 3.78. The number of anilines is 1. The number of amides is 1. The highest BCUT2D eigenvalue weighted by molar-refractivity contribution is 7.15. The van der Waals surface area contributed by atoms with Crippen LogP contribution in [0.25, 0.3) is 6.08 Å². The maximum absolute atomic E-state index is 12.8. The number of alkyl halides is 3. The summed E-state index contributed by atoms with van der Waals surface area (Å²) in [6, 6.07) is 5.18. The van der Waals surface area contributed by atoms with Crippen LogP contribution in [0.5, 0.6) is 0 Å². The van der Waals surface area contributed by atoms with Gasteiger partial charge in [0, 0.05) is 41.9 Å². The number of nitrogens with one attached hydrogen (secondary N) is 1. The molecule has 0 aliphatic heterocycles. The molecular weight excluding hydrogens is 401 g/mol. The van der Waals surface area contributed by atoms with Crippen LogP contribution in [0.1, 0.15) is 33.0 Å². The number of benzene rings is 1. The van der Waals surface area contributed by atoms with E-state index in [4.69, 9.17) is 0 Å². The molecular formula is C20H19F3N4OS. The van der Waals surface area contributed by atoms with Gasteiger partial charge in [-0.2, -0.15) is 18.3 Å². The highest BCUT2D eigenvalue weighted by Gasteiger charge is 2.30. The van der Waals surface area contributed by atoms with Gasteiger partial charge >= 0.3 is 6.18 Å². The topological polar surface area (TPSA) is 59.8 Å². The molecule has 2 aromatic heterocycles. The first-order valence-electron chi connectivity index (χ1n) is 8.73. The summed E-state index contributed by atoms with van der Waals surface area (Å²) in [5, 5.41) is 7.35. The second-order valence-electron chi connectivity index (χ2n) is 6.54. The van der Waals surface area contributed by atoms with Crippen molar-refractivity contribution >= 4 is 28.5 Å². The van der Waals surface area contributed by atoms with Gasteiger partial charge in [0.15, 0.2) is 5.13 Å². The third-order valence-electron chi connectivity index (χ3n) is 4.38. The minimum Gasteiger partial charge on any atom is -0.298 e. The summed E-state index contributed by atoms with van der Waals surface area (Å²) in [7, 11) is 1.83. The van der Waals surface area contributed by atoms with Crippen LogP contribution in [0.15, 0.2) is 36.5 Å². The van der Waals surface area contributed by atoms with Gasteiger partial charge in [0.2, 0.25) is 5.91 Å². The molecule has 152 valence electrons. The smallest absolute Gasteiger partial charge is 0.298 e. The summed E-state index contributed by atoms with van der Waals surface area (Å²) in [5.41, 5.74) is 2.51. The lowest BCUT2D eigenvalue weighted by molar-refractivity contribution is -0.137. The number of aromatic nitrogens is 3. The van der Waals surface area contributed by atoms with E-state index in [2.05, 4.69) is 15.4 Å². The number of nitrogens with zero attached hydrogens (tertiary/aromatic N) is 3. The van der Waals surface area contributed by atoms with Crippen molar-refractivity contribution in [3.8, 4) is 0 Å². The van der Waals surface area contributed by atoms with Gasteiger partial charge in [-0.25, -0.2) is 4.98 Å². The first kappa shape index (κ1) is 20.8. The van der Waals surface area contributed by atoms with Crippen LogP contribution >= 0.6 is 11.3 Å². The third-order valence-corrected chi connectivity index (χ3v) is 5.30. The van der Waals surface area contributed by atoms with E-state index in [1.165, 1.54) is 23.5 Å². The molecule has 0 spiro atoms. The molecule has 0 aliphatic carbocycles. The summed E-state index contributed by atoms with van der Waals surface area (Å²) < 4.78 is 40.2. The predicted molar refractivity (Wildman–Crippen MR) is 107 cm³/mol. The largest absolute Gasteiger partial charge is 0.416 e. The third kappa shape index (κ3) is 5.11. The molecule has 2 heterocycles. The summed E-state index contributed by atoms with van der Waals surface area (Å²) in [6.07, 6.45) is 0.593. The van der Waals surface area contributed by atoms with Crippen LogP contribution in [-0.4, -0.2) is 20.7 Å². The lowest BCUT2D eigenvalue weighted by Crippen LogP contribution is -2.07. The highest BCUT2D eigenvalue weighted by Crippen LogP contribution is 2.30. The number of aryl methyl sites for hydroxylation is 2. The zero-order chi connectivity index (χ0) is 21.2. The normalized spacial score (nSPS) is 11.9. The lowest BCUT2D eigenvalue weighted by Gasteiger charge is -2.07. The molecule has 1 aromatic carbocycles. The Kier molecular flexibility index (Phi) is 5.88. The molecule has 9 heteroatoms. The van der Waals surface area contributed by atoms with Crippen LogP contribution in [0, 0.1) is 13.8 Å². The van der Waals surface area contributed by atoms with E-state index < -0.39 is 11.7 Å². The average molecular weight is 420 g/mol. The van der Waals surface area contributed by atoms with Gasteiger partial charge in [0.25, 0.3) is 0 Å². The van der Waals surface area contributed by atoms with Gasteiger partial charge in [-0.15, -0.1) is 11.3 Å². The number of carbonyl (C=O) groups is 1. The van der Waals surface area contributed by atoms with E-state index >= 15 is 0 Å². The predicted octanol–water partition coefficient (Wildman–Crippen LogP) is 4.75. The molecule has 0 saturated carbocycles. The number of halogens is 3. The average Bonchev–Trinajstić information content (AvgIpc) is 3.17. The van der Waals surface area contributed by atoms with Crippen molar-refractivity contribution in [2.45, 2.75) is 26.4 Å². The van der Waals surface area contributed by atoms with Gasteiger partial charge in [0.1, 0.15) is 0 Å². The summed E-state index contributed by atoms with van der Waals surface area (Å²) >= 11 is 1.23. The van der Waals surface area contributed by atoms with Gasteiger partial charge in [0.05, 0.1) is 11.3 Å². The zero-order valence-corrected chi connectivity index (χ0v) is 16.9. The summed E-state index contributed by atoms with van der Waals surface area (Å²) in [4.78, 5) is 17.0. The van der Waals surface area contributed by atoms with Crippen molar-refractivity contribution in [1.29, 1.82) is 0 Å². The fraction of sp³-hybridized carbons (Fsp3) is 0.250. The molecule has 0 aliphatic rings. The van der Waals surface area contributed by atoms with Crippen LogP contribution in [0.2, 0.25) is 0 Å². The van der Waals surface area contributed by atoms with Crippen molar-refractivity contribution in [3.05, 3.63) is 69.5 Å². The molecule has 0 saturated heterocycles. The van der Waals surface area contributed by atoms with Crippen LogP contribution < -0.4 is 5.32 Å². The lowest BCUT2D eigenvalue weighted by atomic mass is 10.1. The molecule has 3 aromatic rings. The van der Waals surface area contributed by atoms with Crippen molar-refractivity contribution in [1.82, 2.24) is 14.8 Å². The van der Waals surface area contributed by atoms with Gasteiger partial charge in [-0.3, -0.25) is 14.8 Å². The van der Waals surface area contributed by atoms with E-state index in [9.17, 15) is 18.0 Å². The second kappa shape index (κ2) is 8.20. The monoisotopic (exact) mass is 420 g/mol. The van der Waals surface area contributed by atoms with E-state index in [1.54, 1.807) is 23.0 Å². The molecule has 1 amide bonds. The Morgan fingerprint density at radius 1 is 1.31 bits per heavy atom. The minimum atomic E-state index is -4.37. The number of rotatable bonds is 5. The molecule has 0 bridgehead atoms. The first-order chi connectivity index (χ1) is 13.6. The van der Waals surface area contributed by atoms with E-state index in [1.807, 2.05) is 20.9 Å². The van der Waals surface area contributed by atoms with Gasteiger partial charge < -0.3 is 0 Å².